The van der Waals surface area contributed by atoms with Crippen LogP contribution in [0.1, 0.15) is 19.1 Å². The zero-order valence-corrected chi connectivity index (χ0v) is 10.6. The van der Waals surface area contributed by atoms with Crippen LogP contribution in [0, 0.1) is 0 Å². The molecule has 2 rings (SSSR count). The van der Waals surface area contributed by atoms with Crippen LogP contribution in [0.3, 0.4) is 0 Å². The van der Waals surface area contributed by atoms with Gasteiger partial charge in [-0.25, -0.2) is 0 Å². The predicted octanol–water partition coefficient (Wildman–Crippen LogP) is 0.705. The topological polar surface area (TPSA) is 63.5 Å². The highest BCUT2D eigenvalue weighted by Crippen LogP contribution is 2.05. The molecule has 1 aliphatic heterocycles. The van der Waals surface area contributed by atoms with Gasteiger partial charge in [0.2, 0.25) is 5.91 Å². The first kappa shape index (κ1) is 13.1. The van der Waals surface area contributed by atoms with E-state index < -0.39 is 0 Å². The van der Waals surface area contributed by atoms with Gasteiger partial charge >= 0.3 is 0 Å². The summed E-state index contributed by atoms with van der Waals surface area (Å²) in [5.74, 6) is 0.944. The zero-order chi connectivity index (χ0) is 12.8. The predicted molar refractivity (Wildman–Crippen MR) is 67.2 cm³/mol. The van der Waals surface area contributed by atoms with Crippen molar-refractivity contribution in [1.82, 2.24) is 10.6 Å². The van der Waals surface area contributed by atoms with Crippen molar-refractivity contribution in [1.29, 1.82) is 0 Å². The van der Waals surface area contributed by atoms with Gasteiger partial charge in [-0.3, -0.25) is 4.79 Å². The SMILES string of the molecule is CC(Cc1ccco1)NC(=O)CC1COCCN1. The third kappa shape index (κ3) is 4.16. The quantitative estimate of drug-likeness (QED) is 0.810. The molecule has 0 aromatic carbocycles. The fourth-order valence-electron chi connectivity index (χ4n) is 2.09. The molecule has 5 nitrogen and oxygen atoms in total. The number of hydrogen-bond acceptors (Lipinski definition) is 4. The van der Waals surface area contributed by atoms with Gasteiger partial charge in [0.1, 0.15) is 5.76 Å². The summed E-state index contributed by atoms with van der Waals surface area (Å²) in [6, 6.07) is 3.98. The number of carbonyl (C=O) groups is 1. The normalized spacial score (nSPS) is 21.5. The number of amides is 1. The van der Waals surface area contributed by atoms with Gasteiger partial charge in [0, 0.05) is 31.5 Å². The summed E-state index contributed by atoms with van der Waals surface area (Å²) >= 11 is 0. The molecule has 1 aromatic rings. The molecule has 1 aromatic heterocycles. The molecule has 2 atom stereocenters. The Morgan fingerprint density at radius 2 is 2.56 bits per heavy atom. The highest BCUT2D eigenvalue weighted by molar-refractivity contribution is 5.76. The Balaban J connectivity index is 1.69. The maximum absolute atomic E-state index is 11.8. The molecule has 2 heterocycles. The lowest BCUT2D eigenvalue weighted by Crippen LogP contribution is -2.45. The average molecular weight is 252 g/mol. The van der Waals surface area contributed by atoms with Crippen LogP contribution in [0.2, 0.25) is 0 Å². The monoisotopic (exact) mass is 252 g/mol. The molecule has 0 radical (unpaired) electrons. The Morgan fingerprint density at radius 1 is 1.67 bits per heavy atom. The van der Waals surface area contributed by atoms with Gasteiger partial charge in [-0.15, -0.1) is 0 Å². The van der Waals surface area contributed by atoms with E-state index in [-0.39, 0.29) is 18.0 Å². The van der Waals surface area contributed by atoms with Crippen molar-refractivity contribution in [3.63, 3.8) is 0 Å². The van der Waals surface area contributed by atoms with Gasteiger partial charge in [-0.2, -0.15) is 0 Å². The van der Waals surface area contributed by atoms with Crippen LogP contribution < -0.4 is 10.6 Å². The molecule has 2 unspecified atom stereocenters. The first-order valence-electron chi connectivity index (χ1n) is 6.37. The maximum atomic E-state index is 11.8. The van der Waals surface area contributed by atoms with E-state index >= 15 is 0 Å². The van der Waals surface area contributed by atoms with Gasteiger partial charge < -0.3 is 19.8 Å². The smallest absolute Gasteiger partial charge is 0.221 e. The van der Waals surface area contributed by atoms with Crippen molar-refractivity contribution in [3.8, 4) is 0 Å². The lowest BCUT2D eigenvalue weighted by atomic mass is 10.1. The second-order valence-corrected chi connectivity index (χ2v) is 4.68. The molecule has 0 aliphatic carbocycles. The van der Waals surface area contributed by atoms with E-state index in [1.54, 1.807) is 6.26 Å². The summed E-state index contributed by atoms with van der Waals surface area (Å²) in [5, 5.41) is 6.24. The van der Waals surface area contributed by atoms with Crippen molar-refractivity contribution in [2.24, 2.45) is 0 Å². The second kappa shape index (κ2) is 6.56. The Labute approximate surface area is 107 Å². The molecule has 100 valence electrons. The van der Waals surface area contributed by atoms with Gasteiger partial charge in [-0.1, -0.05) is 0 Å². The molecule has 2 N–H and O–H groups in total. The van der Waals surface area contributed by atoms with Crippen LogP contribution in [0.15, 0.2) is 22.8 Å². The summed E-state index contributed by atoms with van der Waals surface area (Å²) in [6.45, 7) is 4.14. The molecule has 18 heavy (non-hydrogen) atoms. The molecule has 0 spiro atoms. The first-order valence-corrected chi connectivity index (χ1v) is 6.37. The number of nitrogens with one attached hydrogen (secondary N) is 2. The summed E-state index contributed by atoms with van der Waals surface area (Å²) in [4.78, 5) is 11.8. The van der Waals surface area contributed by atoms with Crippen molar-refractivity contribution < 1.29 is 13.9 Å². The Morgan fingerprint density at radius 3 is 3.22 bits per heavy atom. The van der Waals surface area contributed by atoms with E-state index in [9.17, 15) is 4.79 Å². The van der Waals surface area contributed by atoms with Crippen LogP contribution in [0.4, 0.5) is 0 Å². The van der Waals surface area contributed by atoms with Crippen molar-refractivity contribution >= 4 is 5.91 Å². The number of rotatable bonds is 5. The summed E-state index contributed by atoms with van der Waals surface area (Å²) < 4.78 is 10.6. The Kier molecular flexibility index (Phi) is 4.78. The average Bonchev–Trinajstić information content (AvgIpc) is 2.82. The minimum atomic E-state index is 0.0528. The number of morpholine rings is 1. The highest BCUT2D eigenvalue weighted by atomic mass is 16.5. The third-order valence-electron chi connectivity index (χ3n) is 2.93. The standard InChI is InChI=1S/C13H20N2O3/c1-10(7-12-3-2-5-18-12)15-13(16)8-11-9-17-6-4-14-11/h2-3,5,10-11,14H,4,6-9H2,1H3,(H,15,16). The van der Waals surface area contributed by atoms with Gasteiger partial charge in [-0.05, 0) is 19.1 Å². The molecule has 5 heteroatoms. The maximum Gasteiger partial charge on any atom is 0.221 e. The third-order valence-corrected chi connectivity index (χ3v) is 2.93. The van der Waals surface area contributed by atoms with Crippen LogP contribution >= 0.6 is 0 Å². The first-order chi connectivity index (χ1) is 8.74. The van der Waals surface area contributed by atoms with Crippen molar-refractivity contribution in [2.45, 2.75) is 31.8 Å². The minimum absolute atomic E-state index is 0.0528. The number of ether oxygens (including phenoxy) is 1. The molecule has 0 bridgehead atoms. The number of carbonyl (C=O) groups excluding carboxylic acids is 1. The molecular weight excluding hydrogens is 232 g/mol. The van der Waals surface area contributed by atoms with E-state index in [1.165, 1.54) is 0 Å². The zero-order valence-electron chi connectivity index (χ0n) is 10.6. The summed E-state index contributed by atoms with van der Waals surface area (Å²) in [6.07, 6.45) is 2.82. The fourth-order valence-corrected chi connectivity index (χ4v) is 2.09. The van der Waals surface area contributed by atoms with Gasteiger partial charge in [0.05, 0.1) is 19.5 Å². The van der Waals surface area contributed by atoms with E-state index in [0.717, 1.165) is 18.9 Å². The number of furan rings is 1. The Hall–Kier alpha value is -1.33. The molecule has 1 aliphatic rings. The largest absolute Gasteiger partial charge is 0.469 e. The van der Waals surface area contributed by atoms with E-state index in [1.807, 2.05) is 19.1 Å². The van der Waals surface area contributed by atoms with E-state index in [2.05, 4.69) is 10.6 Å². The van der Waals surface area contributed by atoms with Crippen LogP contribution in [-0.4, -0.2) is 37.7 Å². The Bertz CT molecular complexity index is 358. The highest BCUT2D eigenvalue weighted by Gasteiger charge is 2.18. The van der Waals surface area contributed by atoms with E-state index in [0.29, 0.717) is 19.4 Å². The number of hydrogen-bond donors (Lipinski definition) is 2. The molecule has 1 fully saturated rings. The van der Waals surface area contributed by atoms with Crippen molar-refractivity contribution in [2.75, 3.05) is 19.8 Å². The molecule has 1 amide bonds. The molecular formula is C13H20N2O3. The second-order valence-electron chi connectivity index (χ2n) is 4.68. The van der Waals surface area contributed by atoms with Crippen LogP contribution in [0.25, 0.3) is 0 Å². The summed E-state index contributed by atoms with van der Waals surface area (Å²) in [7, 11) is 0. The lowest BCUT2D eigenvalue weighted by Gasteiger charge is -2.24. The van der Waals surface area contributed by atoms with E-state index in [4.69, 9.17) is 9.15 Å². The van der Waals surface area contributed by atoms with Crippen LogP contribution in [0.5, 0.6) is 0 Å². The lowest BCUT2D eigenvalue weighted by molar-refractivity contribution is -0.122. The molecule has 1 saturated heterocycles. The van der Waals surface area contributed by atoms with Crippen LogP contribution in [-0.2, 0) is 16.0 Å². The fraction of sp³-hybridized carbons (Fsp3) is 0.615. The van der Waals surface area contributed by atoms with Gasteiger partial charge in [0.15, 0.2) is 0 Å². The summed E-state index contributed by atoms with van der Waals surface area (Å²) in [5.41, 5.74) is 0. The van der Waals surface area contributed by atoms with Crippen molar-refractivity contribution in [3.05, 3.63) is 24.2 Å². The molecule has 0 saturated carbocycles. The van der Waals surface area contributed by atoms with Gasteiger partial charge in [0.25, 0.3) is 0 Å². The minimum Gasteiger partial charge on any atom is -0.469 e.